The molecule has 1 N–H and O–H groups in total. The molecule has 3 aromatic rings. The van der Waals surface area contributed by atoms with Gasteiger partial charge in [0.15, 0.2) is 0 Å². The highest BCUT2D eigenvalue weighted by Gasteiger charge is 2.19. The number of aryl methyl sites for hydroxylation is 2. The lowest BCUT2D eigenvalue weighted by Gasteiger charge is -2.11. The van der Waals surface area contributed by atoms with Crippen molar-refractivity contribution in [1.29, 1.82) is 0 Å². The minimum atomic E-state index is -0.201. The zero-order valence-electron chi connectivity index (χ0n) is 13.7. The van der Waals surface area contributed by atoms with Crippen molar-refractivity contribution in [3.05, 3.63) is 58.5 Å². The number of hydrogen-bond acceptors (Lipinski definition) is 5. The van der Waals surface area contributed by atoms with Crippen LogP contribution in [0.2, 0.25) is 0 Å². The average Bonchev–Trinajstić information content (AvgIpc) is 3.08. The fourth-order valence-corrected chi connectivity index (χ4v) is 3.04. The molecule has 122 valence electrons. The summed E-state index contributed by atoms with van der Waals surface area (Å²) in [7, 11) is 1.61. The number of anilines is 1. The smallest absolute Gasteiger partial charge is 0.269 e. The van der Waals surface area contributed by atoms with E-state index in [9.17, 15) is 4.79 Å². The van der Waals surface area contributed by atoms with Gasteiger partial charge in [0.05, 0.1) is 7.11 Å². The van der Waals surface area contributed by atoms with E-state index >= 15 is 0 Å². The fraction of sp³-hybridized carbons (Fsp3) is 0.167. The average molecular weight is 339 g/mol. The van der Waals surface area contributed by atoms with E-state index in [1.54, 1.807) is 7.11 Å². The van der Waals surface area contributed by atoms with Crippen molar-refractivity contribution in [2.75, 3.05) is 12.4 Å². The van der Waals surface area contributed by atoms with Crippen molar-refractivity contribution in [2.45, 2.75) is 13.8 Å². The van der Waals surface area contributed by atoms with E-state index in [0.29, 0.717) is 10.6 Å². The van der Waals surface area contributed by atoms with Crippen molar-refractivity contribution in [1.82, 2.24) is 9.59 Å². The predicted molar refractivity (Wildman–Crippen MR) is 95.8 cm³/mol. The summed E-state index contributed by atoms with van der Waals surface area (Å²) in [6.07, 6.45) is 0. The van der Waals surface area contributed by atoms with Gasteiger partial charge >= 0.3 is 0 Å². The molecule has 0 atom stereocenters. The molecule has 0 saturated carbocycles. The van der Waals surface area contributed by atoms with E-state index in [1.165, 1.54) is 0 Å². The SMILES string of the molecule is COc1ccc(-c2nnsc2C(=O)Nc2c(C)cccc2C)cc1. The molecule has 1 amide bonds. The van der Waals surface area contributed by atoms with Crippen LogP contribution in [-0.4, -0.2) is 22.6 Å². The van der Waals surface area contributed by atoms with Crippen molar-refractivity contribution >= 4 is 23.1 Å². The Morgan fingerprint density at radius 2 is 1.75 bits per heavy atom. The summed E-state index contributed by atoms with van der Waals surface area (Å²) >= 11 is 1.09. The number of para-hydroxylation sites is 1. The molecule has 0 unspecified atom stereocenters. The van der Waals surface area contributed by atoms with Crippen LogP contribution in [0.4, 0.5) is 5.69 Å². The summed E-state index contributed by atoms with van der Waals surface area (Å²) in [6, 6.07) is 13.3. The third-order valence-electron chi connectivity index (χ3n) is 3.78. The van der Waals surface area contributed by atoms with E-state index in [0.717, 1.165) is 39.7 Å². The number of carbonyl (C=O) groups excluding carboxylic acids is 1. The summed E-state index contributed by atoms with van der Waals surface area (Å²) in [4.78, 5) is 13.2. The molecule has 0 spiro atoms. The Kier molecular flexibility index (Phi) is 4.57. The van der Waals surface area contributed by atoms with Gasteiger partial charge in [-0.25, -0.2) is 0 Å². The maximum absolute atomic E-state index is 12.7. The second kappa shape index (κ2) is 6.80. The molecule has 2 aromatic carbocycles. The van der Waals surface area contributed by atoms with Crippen LogP contribution >= 0.6 is 11.5 Å². The number of nitrogens with one attached hydrogen (secondary N) is 1. The lowest BCUT2D eigenvalue weighted by atomic mass is 10.1. The van der Waals surface area contributed by atoms with Gasteiger partial charge in [0.25, 0.3) is 5.91 Å². The molecule has 0 bridgehead atoms. The molecule has 24 heavy (non-hydrogen) atoms. The monoisotopic (exact) mass is 339 g/mol. The highest BCUT2D eigenvalue weighted by Crippen LogP contribution is 2.27. The van der Waals surface area contributed by atoms with Gasteiger partial charge < -0.3 is 10.1 Å². The van der Waals surface area contributed by atoms with Crippen LogP contribution in [0.3, 0.4) is 0 Å². The first kappa shape index (κ1) is 16.1. The van der Waals surface area contributed by atoms with Gasteiger partial charge in [-0.05, 0) is 60.8 Å². The molecule has 1 aromatic heterocycles. The second-order valence-corrected chi connectivity index (χ2v) is 6.15. The number of hydrogen-bond donors (Lipinski definition) is 1. The largest absolute Gasteiger partial charge is 0.497 e. The first-order valence-electron chi connectivity index (χ1n) is 7.44. The summed E-state index contributed by atoms with van der Waals surface area (Å²) in [5.74, 6) is 0.552. The van der Waals surface area contributed by atoms with Crippen LogP contribution in [0.25, 0.3) is 11.3 Å². The fourth-order valence-electron chi connectivity index (χ4n) is 2.46. The van der Waals surface area contributed by atoms with Crippen LogP contribution in [0.5, 0.6) is 5.75 Å². The molecular formula is C18H17N3O2S. The minimum Gasteiger partial charge on any atom is -0.497 e. The number of benzene rings is 2. The van der Waals surface area contributed by atoms with E-state index < -0.39 is 0 Å². The Balaban J connectivity index is 1.90. The van der Waals surface area contributed by atoms with Crippen LogP contribution in [0.1, 0.15) is 20.8 Å². The van der Waals surface area contributed by atoms with Gasteiger partial charge in [-0.1, -0.05) is 22.7 Å². The molecule has 6 heteroatoms. The zero-order valence-corrected chi connectivity index (χ0v) is 14.5. The van der Waals surface area contributed by atoms with Crippen molar-refractivity contribution in [3.8, 4) is 17.0 Å². The third kappa shape index (κ3) is 3.14. The van der Waals surface area contributed by atoms with Gasteiger partial charge in [0.2, 0.25) is 0 Å². The van der Waals surface area contributed by atoms with Crippen LogP contribution in [-0.2, 0) is 0 Å². The minimum absolute atomic E-state index is 0.201. The molecular weight excluding hydrogens is 322 g/mol. The third-order valence-corrected chi connectivity index (χ3v) is 4.50. The molecule has 3 rings (SSSR count). The number of aromatic nitrogens is 2. The van der Waals surface area contributed by atoms with Crippen molar-refractivity contribution in [3.63, 3.8) is 0 Å². The van der Waals surface area contributed by atoms with Gasteiger partial charge in [0.1, 0.15) is 16.3 Å². The first-order chi connectivity index (χ1) is 11.6. The Labute approximate surface area is 144 Å². The molecule has 0 saturated heterocycles. The summed E-state index contributed by atoms with van der Waals surface area (Å²) in [5, 5.41) is 7.10. The van der Waals surface area contributed by atoms with E-state index in [1.807, 2.05) is 56.3 Å². The highest BCUT2D eigenvalue weighted by atomic mass is 32.1. The maximum Gasteiger partial charge on any atom is 0.269 e. The van der Waals surface area contributed by atoms with Gasteiger partial charge in [-0.2, -0.15) is 0 Å². The van der Waals surface area contributed by atoms with E-state index in [4.69, 9.17) is 4.74 Å². The zero-order chi connectivity index (χ0) is 17.1. The Morgan fingerprint density at radius 1 is 1.08 bits per heavy atom. The Hall–Kier alpha value is -2.73. The highest BCUT2D eigenvalue weighted by molar-refractivity contribution is 7.08. The number of rotatable bonds is 4. The molecule has 5 nitrogen and oxygen atoms in total. The maximum atomic E-state index is 12.7. The van der Waals surface area contributed by atoms with Gasteiger partial charge in [0, 0.05) is 11.3 Å². The molecule has 0 aliphatic rings. The lowest BCUT2D eigenvalue weighted by Crippen LogP contribution is -2.13. The Morgan fingerprint density at radius 3 is 2.38 bits per heavy atom. The number of carbonyl (C=O) groups is 1. The van der Waals surface area contributed by atoms with Gasteiger partial charge in [-0.3, -0.25) is 4.79 Å². The van der Waals surface area contributed by atoms with E-state index in [2.05, 4.69) is 14.9 Å². The van der Waals surface area contributed by atoms with Crippen molar-refractivity contribution in [2.24, 2.45) is 0 Å². The Bertz CT molecular complexity index is 852. The van der Waals surface area contributed by atoms with Crippen LogP contribution in [0.15, 0.2) is 42.5 Å². The lowest BCUT2D eigenvalue weighted by molar-refractivity contribution is 0.103. The molecule has 0 radical (unpaired) electrons. The number of ether oxygens (including phenoxy) is 1. The molecule has 1 heterocycles. The van der Waals surface area contributed by atoms with Crippen LogP contribution in [0, 0.1) is 13.8 Å². The molecule has 0 aliphatic carbocycles. The number of nitrogens with zero attached hydrogens (tertiary/aromatic N) is 2. The first-order valence-corrected chi connectivity index (χ1v) is 8.22. The topological polar surface area (TPSA) is 64.1 Å². The molecule has 0 aliphatic heterocycles. The number of amides is 1. The summed E-state index contributed by atoms with van der Waals surface area (Å²) in [5.41, 5.74) is 4.28. The normalized spacial score (nSPS) is 10.5. The summed E-state index contributed by atoms with van der Waals surface area (Å²) < 4.78 is 9.11. The second-order valence-electron chi connectivity index (χ2n) is 5.40. The molecule has 0 fully saturated rings. The quantitative estimate of drug-likeness (QED) is 0.778. The summed E-state index contributed by atoms with van der Waals surface area (Å²) in [6.45, 7) is 3.94. The van der Waals surface area contributed by atoms with Gasteiger partial charge in [-0.15, -0.1) is 5.10 Å². The number of methoxy groups -OCH3 is 1. The predicted octanol–water partition coefficient (Wildman–Crippen LogP) is 4.08. The van der Waals surface area contributed by atoms with Crippen LogP contribution < -0.4 is 10.1 Å². The van der Waals surface area contributed by atoms with Crippen molar-refractivity contribution < 1.29 is 9.53 Å². The van der Waals surface area contributed by atoms with E-state index in [-0.39, 0.29) is 5.91 Å². The standard InChI is InChI=1S/C18H17N3O2S/c1-11-5-4-6-12(2)15(11)19-18(22)17-16(20-21-24-17)13-7-9-14(23-3)10-8-13/h4-10H,1-3H3,(H,19,22).